The fourth-order valence-corrected chi connectivity index (χ4v) is 2.30. The van der Waals surface area contributed by atoms with Crippen LogP contribution in [0.25, 0.3) is 11.3 Å². The molecule has 2 aromatic rings. The fraction of sp³-hybridized carbons (Fsp3) is 0.333. The lowest BCUT2D eigenvalue weighted by Crippen LogP contribution is -2.28. The van der Waals surface area contributed by atoms with Crippen LogP contribution in [0.2, 0.25) is 0 Å². The number of carbonyl (C=O) groups excluding carboxylic acids is 1. The van der Waals surface area contributed by atoms with Crippen molar-refractivity contribution in [2.45, 2.75) is 31.7 Å². The maximum absolute atomic E-state index is 12.2. The van der Waals surface area contributed by atoms with Crippen LogP contribution in [0, 0.1) is 10.1 Å². The van der Waals surface area contributed by atoms with E-state index in [0.29, 0.717) is 22.3 Å². The minimum absolute atomic E-state index is 0.0327. The highest BCUT2D eigenvalue weighted by atomic mass is 79.9. The second-order valence-electron chi connectivity index (χ2n) is 5.85. The SMILES string of the molecule is CC(C)(C)OC(=O)n1nc(-c2cccc([N+](=O)[O-])c2)cc1CBr. The molecular formula is C15H16BrN3O4. The summed E-state index contributed by atoms with van der Waals surface area (Å²) < 4.78 is 6.47. The molecule has 0 atom stereocenters. The minimum Gasteiger partial charge on any atom is -0.442 e. The van der Waals surface area contributed by atoms with Gasteiger partial charge in [-0.2, -0.15) is 9.78 Å². The van der Waals surface area contributed by atoms with Gasteiger partial charge in [0, 0.05) is 23.0 Å². The highest BCUT2D eigenvalue weighted by molar-refractivity contribution is 9.08. The van der Waals surface area contributed by atoms with E-state index in [-0.39, 0.29) is 5.69 Å². The standard InChI is InChI=1S/C15H16BrN3O4/c1-15(2,3)23-14(20)18-12(9-16)8-13(17-18)10-5-4-6-11(7-10)19(21)22/h4-8H,9H2,1-3H3. The van der Waals surface area contributed by atoms with Crippen LogP contribution < -0.4 is 0 Å². The first-order valence-corrected chi connectivity index (χ1v) is 7.96. The Morgan fingerprint density at radius 2 is 2.09 bits per heavy atom. The second-order valence-corrected chi connectivity index (χ2v) is 6.41. The summed E-state index contributed by atoms with van der Waals surface area (Å²) in [7, 11) is 0. The van der Waals surface area contributed by atoms with E-state index in [1.165, 1.54) is 12.1 Å². The van der Waals surface area contributed by atoms with Gasteiger partial charge < -0.3 is 4.74 Å². The number of nitro groups is 1. The Morgan fingerprint density at radius 1 is 1.39 bits per heavy atom. The summed E-state index contributed by atoms with van der Waals surface area (Å²) in [6, 6.07) is 7.79. The largest absolute Gasteiger partial charge is 0.442 e. The summed E-state index contributed by atoms with van der Waals surface area (Å²) in [6.45, 7) is 5.30. The smallest absolute Gasteiger partial charge is 0.435 e. The van der Waals surface area contributed by atoms with Crippen molar-refractivity contribution >= 4 is 27.7 Å². The van der Waals surface area contributed by atoms with Crippen LogP contribution in [-0.4, -0.2) is 26.4 Å². The fourth-order valence-electron chi connectivity index (χ4n) is 1.90. The number of hydrogen-bond acceptors (Lipinski definition) is 5. The number of alkyl halides is 1. The predicted octanol–water partition coefficient (Wildman–Crippen LogP) is 4.14. The molecule has 0 amide bonds. The van der Waals surface area contributed by atoms with Crippen LogP contribution >= 0.6 is 15.9 Å². The number of ether oxygens (including phenoxy) is 1. The van der Waals surface area contributed by atoms with Crippen LogP contribution in [0.3, 0.4) is 0 Å². The van der Waals surface area contributed by atoms with E-state index in [1.54, 1.807) is 39.0 Å². The Labute approximate surface area is 141 Å². The lowest BCUT2D eigenvalue weighted by Gasteiger charge is -2.19. The first kappa shape index (κ1) is 17.1. The van der Waals surface area contributed by atoms with Gasteiger partial charge >= 0.3 is 6.09 Å². The van der Waals surface area contributed by atoms with Crippen molar-refractivity contribution in [3.05, 3.63) is 46.1 Å². The molecule has 2 rings (SSSR count). The van der Waals surface area contributed by atoms with Crippen molar-refractivity contribution in [1.29, 1.82) is 0 Å². The number of nitro benzene ring substituents is 1. The third kappa shape index (κ3) is 4.16. The quantitative estimate of drug-likeness (QED) is 0.452. The van der Waals surface area contributed by atoms with Gasteiger partial charge in [0.05, 0.1) is 16.3 Å². The molecule has 0 aliphatic carbocycles. The summed E-state index contributed by atoms with van der Waals surface area (Å²) >= 11 is 3.30. The number of rotatable bonds is 3. The van der Waals surface area contributed by atoms with E-state index in [1.807, 2.05) is 0 Å². The van der Waals surface area contributed by atoms with Gasteiger partial charge in [-0.15, -0.1) is 0 Å². The number of halogens is 1. The molecular weight excluding hydrogens is 366 g/mol. The number of hydrogen-bond donors (Lipinski definition) is 0. The molecule has 0 N–H and O–H groups in total. The lowest BCUT2D eigenvalue weighted by molar-refractivity contribution is -0.384. The Morgan fingerprint density at radius 3 is 2.65 bits per heavy atom. The topological polar surface area (TPSA) is 87.3 Å². The zero-order valence-electron chi connectivity index (χ0n) is 12.9. The molecule has 23 heavy (non-hydrogen) atoms. The average Bonchev–Trinajstić information content (AvgIpc) is 2.90. The summed E-state index contributed by atoms with van der Waals surface area (Å²) in [6.07, 6.45) is -0.594. The highest BCUT2D eigenvalue weighted by Gasteiger charge is 2.22. The number of carbonyl (C=O) groups is 1. The van der Waals surface area contributed by atoms with Crippen molar-refractivity contribution in [2.75, 3.05) is 0 Å². The summed E-state index contributed by atoms with van der Waals surface area (Å²) in [5.74, 6) is 0. The van der Waals surface area contributed by atoms with Crippen LogP contribution in [0.15, 0.2) is 30.3 Å². The first-order valence-electron chi connectivity index (χ1n) is 6.84. The van der Waals surface area contributed by atoms with E-state index < -0.39 is 16.6 Å². The Balaban J connectivity index is 2.41. The van der Waals surface area contributed by atoms with Crippen molar-refractivity contribution < 1.29 is 14.5 Å². The number of benzene rings is 1. The van der Waals surface area contributed by atoms with E-state index in [4.69, 9.17) is 4.74 Å². The minimum atomic E-state index is -0.641. The molecule has 0 aliphatic heterocycles. The maximum atomic E-state index is 12.2. The third-order valence-electron chi connectivity index (χ3n) is 2.84. The third-order valence-corrected chi connectivity index (χ3v) is 3.41. The van der Waals surface area contributed by atoms with E-state index >= 15 is 0 Å². The molecule has 0 radical (unpaired) electrons. The number of non-ortho nitro benzene ring substituents is 1. The van der Waals surface area contributed by atoms with Gasteiger partial charge in [-0.1, -0.05) is 28.1 Å². The lowest BCUT2D eigenvalue weighted by atomic mass is 10.1. The van der Waals surface area contributed by atoms with Crippen LogP contribution in [-0.2, 0) is 10.1 Å². The molecule has 0 bridgehead atoms. The van der Waals surface area contributed by atoms with E-state index in [9.17, 15) is 14.9 Å². The molecule has 0 unspecified atom stereocenters. The Kier molecular flexibility index (Phi) is 4.84. The van der Waals surface area contributed by atoms with Crippen molar-refractivity contribution in [2.24, 2.45) is 0 Å². The van der Waals surface area contributed by atoms with Gasteiger partial charge in [0.25, 0.3) is 5.69 Å². The van der Waals surface area contributed by atoms with Gasteiger partial charge in [0.1, 0.15) is 5.60 Å². The molecule has 0 saturated heterocycles. The van der Waals surface area contributed by atoms with Gasteiger partial charge in [-0.25, -0.2) is 4.79 Å². The predicted molar refractivity (Wildman–Crippen MR) is 88.6 cm³/mol. The molecule has 1 aromatic carbocycles. The molecule has 0 fully saturated rings. The van der Waals surface area contributed by atoms with Gasteiger partial charge in [0.2, 0.25) is 0 Å². The zero-order valence-corrected chi connectivity index (χ0v) is 14.5. The van der Waals surface area contributed by atoms with Crippen molar-refractivity contribution in [3.63, 3.8) is 0 Å². The molecule has 7 nitrogen and oxygen atoms in total. The number of nitrogens with zero attached hydrogens (tertiary/aromatic N) is 3. The van der Waals surface area contributed by atoms with Gasteiger partial charge in [-0.05, 0) is 26.8 Å². The normalized spacial score (nSPS) is 11.3. The Bertz CT molecular complexity index is 749. The Hall–Kier alpha value is -2.22. The van der Waals surface area contributed by atoms with Crippen LogP contribution in [0.1, 0.15) is 26.5 Å². The molecule has 0 aliphatic rings. The van der Waals surface area contributed by atoms with Gasteiger partial charge in [0.15, 0.2) is 0 Å². The zero-order chi connectivity index (χ0) is 17.2. The summed E-state index contributed by atoms with van der Waals surface area (Å²) in [5.41, 5.74) is 0.950. The van der Waals surface area contributed by atoms with Crippen LogP contribution in [0.5, 0.6) is 0 Å². The summed E-state index contributed by atoms with van der Waals surface area (Å²) in [4.78, 5) is 22.6. The maximum Gasteiger partial charge on any atom is 0.435 e. The van der Waals surface area contributed by atoms with E-state index in [0.717, 1.165) is 4.68 Å². The molecule has 0 saturated carbocycles. The van der Waals surface area contributed by atoms with Crippen molar-refractivity contribution in [1.82, 2.24) is 9.78 Å². The molecule has 8 heteroatoms. The second kappa shape index (κ2) is 6.49. The van der Waals surface area contributed by atoms with Crippen molar-refractivity contribution in [3.8, 4) is 11.3 Å². The van der Waals surface area contributed by atoms with Gasteiger partial charge in [-0.3, -0.25) is 10.1 Å². The number of aromatic nitrogens is 2. The highest BCUT2D eigenvalue weighted by Crippen LogP contribution is 2.25. The molecule has 1 aromatic heterocycles. The molecule has 0 spiro atoms. The monoisotopic (exact) mass is 381 g/mol. The molecule has 1 heterocycles. The molecule has 122 valence electrons. The average molecular weight is 382 g/mol. The first-order chi connectivity index (χ1) is 10.7. The van der Waals surface area contributed by atoms with Crippen LogP contribution in [0.4, 0.5) is 10.5 Å². The van der Waals surface area contributed by atoms with E-state index in [2.05, 4.69) is 21.0 Å². The summed E-state index contributed by atoms with van der Waals surface area (Å²) in [5, 5.41) is 15.5.